The summed E-state index contributed by atoms with van der Waals surface area (Å²) in [7, 11) is 0. The number of amides is 1. The Hall–Kier alpha value is -1.88. The molecule has 2 unspecified atom stereocenters. The molecule has 1 heterocycles. The number of rotatable bonds is 6. The van der Waals surface area contributed by atoms with Gasteiger partial charge in [0.2, 0.25) is 5.91 Å². The highest BCUT2D eigenvalue weighted by Gasteiger charge is 2.20. The number of carbonyl (C=O) groups excluding carboxylic acids is 1. The smallest absolute Gasteiger partial charge is 0.237 e. The van der Waals surface area contributed by atoms with Crippen LogP contribution < -0.4 is 11.1 Å². The molecule has 2 aromatic rings. The van der Waals surface area contributed by atoms with Crippen molar-refractivity contribution in [1.82, 2.24) is 14.9 Å². The summed E-state index contributed by atoms with van der Waals surface area (Å²) in [5, 5.41) is 2.97. The summed E-state index contributed by atoms with van der Waals surface area (Å²) in [6, 6.07) is 7.40. The Labute approximate surface area is 125 Å². The summed E-state index contributed by atoms with van der Waals surface area (Å²) in [5.74, 6) is 0.759. The molecule has 5 nitrogen and oxygen atoms in total. The fraction of sp³-hybridized carbons (Fsp3) is 0.500. The van der Waals surface area contributed by atoms with Crippen LogP contribution in [0.2, 0.25) is 0 Å². The van der Waals surface area contributed by atoms with Gasteiger partial charge in [0.1, 0.15) is 5.82 Å². The van der Waals surface area contributed by atoms with Crippen molar-refractivity contribution in [2.45, 2.75) is 52.2 Å². The Morgan fingerprint density at radius 3 is 2.76 bits per heavy atom. The van der Waals surface area contributed by atoms with Gasteiger partial charge in [-0.2, -0.15) is 0 Å². The second-order valence-corrected chi connectivity index (χ2v) is 5.33. The summed E-state index contributed by atoms with van der Waals surface area (Å²) in [6.45, 7) is 6.86. The lowest BCUT2D eigenvalue weighted by Gasteiger charge is -2.18. The minimum absolute atomic E-state index is 0.112. The van der Waals surface area contributed by atoms with Gasteiger partial charge in [-0.05, 0) is 32.4 Å². The van der Waals surface area contributed by atoms with E-state index in [1.54, 1.807) is 0 Å². The van der Waals surface area contributed by atoms with Gasteiger partial charge >= 0.3 is 0 Å². The van der Waals surface area contributed by atoms with Gasteiger partial charge in [0.05, 0.1) is 23.1 Å². The fourth-order valence-corrected chi connectivity index (χ4v) is 2.58. The molecule has 0 aliphatic carbocycles. The number of aromatic nitrogens is 2. The van der Waals surface area contributed by atoms with Crippen molar-refractivity contribution in [2.24, 2.45) is 5.73 Å². The van der Waals surface area contributed by atoms with Crippen LogP contribution in [-0.4, -0.2) is 21.5 Å². The number of nitrogens with zero attached hydrogens (tertiary/aromatic N) is 2. The highest BCUT2D eigenvalue weighted by Crippen LogP contribution is 2.20. The normalized spacial score (nSPS) is 14.1. The zero-order valence-electron chi connectivity index (χ0n) is 13.0. The number of nitrogens with two attached hydrogens (primary N) is 1. The number of nitrogens with one attached hydrogen (secondary N) is 1. The minimum Gasteiger partial charge on any atom is -0.345 e. The second kappa shape index (κ2) is 6.72. The maximum Gasteiger partial charge on any atom is 0.237 e. The van der Waals surface area contributed by atoms with Crippen LogP contribution in [0, 0.1) is 0 Å². The highest BCUT2D eigenvalue weighted by atomic mass is 16.2. The van der Waals surface area contributed by atoms with Gasteiger partial charge in [-0.3, -0.25) is 4.79 Å². The van der Waals surface area contributed by atoms with E-state index >= 15 is 0 Å². The Morgan fingerprint density at radius 1 is 1.38 bits per heavy atom. The van der Waals surface area contributed by atoms with E-state index in [1.165, 1.54) is 0 Å². The number of carbonyl (C=O) groups is 1. The van der Waals surface area contributed by atoms with E-state index in [0.717, 1.165) is 29.8 Å². The number of para-hydroxylation sites is 2. The number of hydrogen-bond donors (Lipinski definition) is 2. The molecule has 3 N–H and O–H groups in total. The molecule has 0 spiro atoms. The first-order valence-corrected chi connectivity index (χ1v) is 7.59. The van der Waals surface area contributed by atoms with Crippen LogP contribution in [0.25, 0.3) is 11.0 Å². The van der Waals surface area contributed by atoms with Crippen LogP contribution >= 0.6 is 0 Å². The molecule has 2 atom stereocenters. The molecule has 2 rings (SSSR count). The van der Waals surface area contributed by atoms with Gasteiger partial charge in [-0.15, -0.1) is 0 Å². The summed E-state index contributed by atoms with van der Waals surface area (Å²) < 4.78 is 2.13. The van der Waals surface area contributed by atoms with Gasteiger partial charge in [-0.1, -0.05) is 25.5 Å². The number of fused-ring (bicyclic) bond motifs is 1. The van der Waals surface area contributed by atoms with Crippen molar-refractivity contribution in [3.8, 4) is 0 Å². The molecule has 21 heavy (non-hydrogen) atoms. The predicted octanol–water partition coefficient (Wildman–Crippen LogP) is 2.36. The van der Waals surface area contributed by atoms with Gasteiger partial charge in [-0.25, -0.2) is 4.98 Å². The van der Waals surface area contributed by atoms with Crippen LogP contribution in [0.15, 0.2) is 24.3 Å². The van der Waals surface area contributed by atoms with Gasteiger partial charge < -0.3 is 15.6 Å². The van der Waals surface area contributed by atoms with Crippen LogP contribution in [0.1, 0.15) is 45.5 Å². The molecule has 0 fully saturated rings. The molecule has 0 bridgehead atoms. The van der Waals surface area contributed by atoms with Crippen LogP contribution in [0.5, 0.6) is 0 Å². The second-order valence-electron chi connectivity index (χ2n) is 5.33. The van der Waals surface area contributed by atoms with Crippen molar-refractivity contribution in [2.75, 3.05) is 0 Å². The number of aryl methyl sites for hydroxylation is 1. The van der Waals surface area contributed by atoms with E-state index in [-0.39, 0.29) is 11.9 Å². The van der Waals surface area contributed by atoms with Gasteiger partial charge in [0.25, 0.3) is 0 Å². The first-order valence-electron chi connectivity index (χ1n) is 7.59. The summed E-state index contributed by atoms with van der Waals surface area (Å²) in [4.78, 5) is 16.7. The zero-order chi connectivity index (χ0) is 15.4. The van der Waals surface area contributed by atoms with Crippen molar-refractivity contribution in [1.29, 1.82) is 0 Å². The average molecular weight is 288 g/mol. The lowest BCUT2D eigenvalue weighted by molar-refractivity contribution is -0.123. The number of hydrogen-bond acceptors (Lipinski definition) is 3. The zero-order valence-corrected chi connectivity index (χ0v) is 13.0. The molecule has 0 saturated carbocycles. The summed E-state index contributed by atoms with van der Waals surface area (Å²) in [6.07, 6.45) is 1.60. The quantitative estimate of drug-likeness (QED) is 0.857. The van der Waals surface area contributed by atoms with Crippen molar-refractivity contribution in [3.05, 3.63) is 30.1 Å². The molecular formula is C16H24N4O. The molecule has 1 amide bonds. The number of benzene rings is 1. The van der Waals surface area contributed by atoms with Gasteiger partial charge in [0, 0.05) is 6.54 Å². The molecule has 1 aromatic carbocycles. The number of imidazole rings is 1. The SMILES string of the molecule is CCCC(N)C(=O)NC(C)c1nc2ccccc2n1CC. The molecule has 0 aliphatic rings. The molecule has 114 valence electrons. The van der Waals surface area contributed by atoms with E-state index in [0.29, 0.717) is 6.42 Å². The van der Waals surface area contributed by atoms with Crippen molar-refractivity contribution < 1.29 is 4.79 Å². The topological polar surface area (TPSA) is 72.9 Å². The predicted molar refractivity (Wildman–Crippen MR) is 84.8 cm³/mol. The molecule has 0 saturated heterocycles. The Morgan fingerprint density at radius 2 is 2.10 bits per heavy atom. The minimum atomic E-state index is -0.447. The molecule has 1 aromatic heterocycles. The van der Waals surface area contributed by atoms with Gasteiger partial charge in [0.15, 0.2) is 0 Å². The first-order chi connectivity index (χ1) is 10.1. The Balaban J connectivity index is 2.23. The molecular weight excluding hydrogens is 264 g/mol. The van der Waals surface area contributed by atoms with Crippen LogP contribution in [0.4, 0.5) is 0 Å². The summed E-state index contributed by atoms with van der Waals surface area (Å²) >= 11 is 0. The highest BCUT2D eigenvalue weighted by molar-refractivity contribution is 5.82. The third kappa shape index (κ3) is 3.24. The van der Waals surface area contributed by atoms with E-state index in [4.69, 9.17) is 5.73 Å². The lowest BCUT2D eigenvalue weighted by atomic mass is 10.1. The maximum absolute atomic E-state index is 12.1. The van der Waals surface area contributed by atoms with Crippen molar-refractivity contribution in [3.63, 3.8) is 0 Å². The monoisotopic (exact) mass is 288 g/mol. The van der Waals surface area contributed by atoms with E-state index in [9.17, 15) is 4.79 Å². The standard InChI is InChI=1S/C16H24N4O/c1-4-8-12(17)16(21)18-11(3)15-19-13-9-6-7-10-14(13)20(15)5-2/h6-7,9-12H,4-5,8,17H2,1-3H3,(H,18,21). The van der Waals surface area contributed by atoms with E-state index in [1.807, 2.05) is 38.1 Å². The Kier molecular flexibility index (Phi) is 4.96. The molecule has 0 radical (unpaired) electrons. The van der Waals surface area contributed by atoms with Crippen LogP contribution in [-0.2, 0) is 11.3 Å². The van der Waals surface area contributed by atoms with E-state index < -0.39 is 6.04 Å². The lowest BCUT2D eigenvalue weighted by Crippen LogP contribution is -2.42. The van der Waals surface area contributed by atoms with Crippen molar-refractivity contribution >= 4 is 16.9 Å². The third-order valence-corrected chi connectivity index (χ3v) is 3.68. The maximum atomic E-state index is 12.1. The van der Waals surface area contributed by atoms with E-state index in [2.05, 4.69) is 21.8 Å². The largest absolute Gasteiger partial charge is 0.345 e. The summed E-state index contributed by atoms with van der Waals surface area (Å²) in [5.41, 5.74) is 7.90. The average Bonchev–Trinajstić information content (AvgIpc) is 2.86. The fourth-order valence-electron chi connectivity index (χ4n) is 2.58. The third-order valence-electron chi connectivity index (χ3n) is 3.68. The Bertz CT molecular complexity index is 620. The molecule has 5 heteroatoms. The molecule has 0 aliphatic heterocycles. The first kappa shape index (κ1) is 15.5. The van der Waals surface area contributed by atoms with Crippen LogP contribution in [0.3, 0.4) is 0 Å².